The van der Waals surface area contributed by atoms with Crippen molar-refractivity contribution in [2.75, 3.05) is 50.4 Å². The molecule has 2 amide bonds. The maximum absolute atomic E-state index is 12.8. The van der Waals surface area contributed by atoms with Crippen LogP contribution in [0.4, 0.5) is 17.5 Å². The average molecular weight is 477 g/mol. The fourth-order valence-electron chi connectivity index (χ4n) is 4.67. The van der Waals surface area contributed by atoms with E-state index in [0.717, 1.165) is 68.8 Å². The van der Waals surface area contributed by atoms with Crippen molar-refractivity contribution >= 4 is 42.6 Å². The quantitative estimate of drug-likeness (QED) is 0.487. The Morgan fingerprint density at radius 3 is 2.57 bits per heavy atom. The maximum atomic E-state index is 12.8. The van der Waals surface area contributed by atoms with E-state index in [-0.39, 0.29) is 23.8 Å². The minimum atomic E-state index is -0.0438. The summed E-state index contributed by atoms with van der Waals surface area (Å²) in [5.41, 5.74) is 2.43. The van der Waals surface area contributed by atoms with E-state index in [4.69, 9.17) is 0 Å². The highest BCUT2D eigenvalue weighted by molar-refractivity contribution is 6.35. The number of anilines is 3. The van der Waals surface area contributed by atoms with Crippen LogP contribution in [-0.2, 0) is 4.79 Å². The number of nitrogens with zero attached hydrogens (tertiary/aromatic N) is 4. The monoisotopic (exact) mass is 477 g/mol. The first-order valence-corrected chi connectivity index (χ1v) is 12.7. The molecular weight excluding hydrogens is 441 g/mol. The van der Waals surface area contributed by atoms with Crippen LogP contribution in [0.3, 0.4) is 0 Å². The van der Waals surface area contributed by atoms with Gasteiger partial charge in [0.15, 0.2) is 0 Å². The lowest BCUT2D eigenvalue weighted by Gasteiger charge is -2.32. The zero-order chi connectivity index (χ0) is 24.8. The standard InChI is InChI=1S/C25H36BN7O2/c1-3-11-27-23(34)19-5-4-6-21(19)30-22-20(26)16-28-25(31-22)29-18-9-7-17(8-10-18)24(35)33-14-12-32(2)13-15-33/h7-10,16,19,21H,3-6,11-15,26H2,1-2H3,(H,27,34)(H2,28,29,30,31)/t19-,21+/m0/s1. The second kappa shape index (κ2) is 11.5. The van der Waals surface area contributed by atoms with Crippen molar-refractivity contribution in [1.29, 1.82) is 0 Å². The van der Waals surface area contributed by atoms with E-state index in [1.54, 1.807) is 6.20 Å². The molecule has 9 nitrogen and oxygen atoms in total. The lowest BCUT2D eigenvalue weighted by molar-refractivity contribution is -0.124. The lowest BCUT2D eigenvalue weighted by Crippen LogP contribution is -2.47. The van der Waals surface area contributed by atoms with Crippen molar-refractivity contribution in [2.45, 2.75) is 38.6 Å². The minimum absolute atomic E-state index is 0.0438. The van der Waals surface area contributed by atoms with Crippen molar-refractivity contribution < 1.29 is 9.59 Å². The summed E-state index contributed by atoms with van der Waals surface area (Å²) in [6, 6.07) is 7.51. The van der Waals surface area contributed by atoms with Gasteiger partial charge in [-0.2, -0.15) is 4.98 Å². The Morgan fingerprint density at radius 1 is 1.11 bits per heavy atom. The van der Waals surface area contributed by atoms with E-state index in [1.807, 2.05) is 37.0 Å². The third-order valence-corrected chi connectivity index (χ3v) is 6.87. The van der Waals surface area contributed by atoms with Gasteiger partial charge in [-0.25, -0.2) is 4.98 Å². The Bertz CT molecular complexity index is 1020. The number of piperazine rings is 1. The molecule has 2 atom stereocenters. The Labute approximate surface area is 208 Å². The Kier molecular flexibility index (Phi) is 8.23. The molecule has 1 aliphatic heterocycles. The molecule has 1 aliphatic carbocycles. The molecule has 186 valence electrons. The van der Waals surface area contributed by atoms with Crippen molar-refractivity contribution in [1.82, 2.24) is 25.1 Å². The number of carbonyl (C=O) groups excluding carboxylic acids is 2. The van der Waals surface area contributed by atoms with Gasteiger partial charge in [-0.1, -0.05) is 13.3 Å². The topological polar surface area (TPSA) is 102 Å². The summed E-state index contributed by atoms with van der Waals surface area (Å²) in [6.07, 6.45) is 5.57. The van der Waals surface area contributed by atoms with E-state index in [1.165, 1.54) is 0 Å². The highest BCUT2D eigenvalue weighted by atomic mass is 16.2. The van der Waals surface area contributed by atoms with Gasteiger partial charge < -0.3 is 25.8 Å². The van der Waals surface area contributed by atoms with Gasteiger partial charge in [0.1, 0.15) is 13.7 Å². The molecule has 1 aromatic heterocycles. The first kappa shape index (κ1) is 25.0. The smallest absolute Gasteiger partial charge is 0.253 e. The molecule has 2 aliphatic rings. The van der Waals surface area contributed by atoms with Crippen molar-refractivity contribution in [3.05, 3.63) is 36.0 Å². The first-order chi connectivity index (χ1) is 16.9. The molecule has 0 radical (unpaired) electrons. The van der Waals surface area contributed by atoms with Crippen molar-refractivity contribution in [3.63, 3.8) is 0 Å². The van der Waals surface area contributed by atoms with Gasteiger partial charge in [-0.15, -0.1) is 0 Å². The Balaban J connectivity index is 1.39. The van der Waals surface area contributed by atoms with Crippen LogP contribution >= 0.6 is 0 Å². The molecule has 4 rings (SSSR count). The van der Waals surface area contributed by atoms with Gasteiger partial charge in [0, 0.05) is 56.2 Å². The number of nitrogens with one attached hydrogen (secondary N) is 3. The zero-order valence-electron chi connectivity index (χ0n) is 21.0. The molecule has 0 bridgehead atoms. The van der Waals surface area contributed by atoms with Crippen molar-refractivity contribution in [2.24, 2.45) is 5.92 Å². The molecule has 10 heteroatoms. The van der Waals surface area contributed by atoms with Crippen LogP contribution in [0.25, 0.3) is 0 Å². The van der Waals surface area contributed by atoms with Gasteiger partial charge in [0.2, 0.25) is 11.9 Å². The molecule has 1 saturated heterocycles. The Hall–Kier alpha value is -3.14. The molecular formula is C25H36BN7O2. The Morgan fingerprint density at radius 2 is 1.86 bits per heavy atom. The lowest BCUT2D eigenvalue weighted by atomic mass is 9.97. The first-order valence-electron chi connectivity index (χ1n) is 12.7. The average Bonchev–Trinajstić information content (AvgIpc) is 3.33. The van der Waals surface area contributed by atoms with Gasteiger partial charge in [-0.05, 0) is 56.0 Å². The third kappa shape index (κ3) is 6.30. The molecule has 1 saturated carbocycles. The highest BCUT2D eigenvalue weighted by Gasteiger charge is 2.33. The van der Waals surface area contributed by atoms with Crippen LogP contribution in [-0.4, -0.2) is 85.2 Å². The molecule has 3 N–H and O–H groups in total. The number of hydrogen-bond acceptors (Lipinski definition) is 7. The summed E-state index contributed by atoms with van der Waals surface area (Å²) < 4.78 is 0. The number of hydrogen-bond donors (Lipinski definition) is 3. The van der Waals surface area contributed by atoms with Gasteiger partial charge in [0.05, 0.1) is 5.92 Å². The molecule has 0 spiro atoms. The van der Waals surface area contributed by atoms with E-state index in [0.29, 0.717) is 18.1 Å². The fraction of sp³-hybridized carbons (Fsp3) is 0.520. The SMILES string of the molecule is Bc1cnc(Nc2ccc(C(=O)N3CCN(C)CC3)cc2)nc1N[C@@H]1CCC[C@@H]1C(=O)NCCC. The summed E-state index contributed by atoms with van der Waals surface area (Å²) >= 11 is 0. The fourth-order valence-corrected chi connectivity index (χ4v) is 4.67. The largest absolute Gasteiger partial charge is 0.367 e. The summed E-state index contributed by atoms with van der Waals surface area (Å²) in [6.45, 7) is 6.08. The van der Waals surface area contributed by atoms with Crippen LogP contribution in [0.1, 0.15) is 43.0 Å². The van der Waals surface area contributed by atoms with E-state index < -0.39 is 0 Å². The molecule has 2 fully saturated rings. The van der Waals surface area contributed by atoms with Gasteiger partial charge in [-0.3, -0.25) is 9.59 Å². The van der Waals surface area contributed by atoms with Crippen LogP contribution in [0.15, 0.2) is 30.5 Å². The summed E-state index contributed by atoms with van der Waals surface area (Å²) in [4.78, 5) is 38.6. The molecule has 35 heavy (non-hydrogen) atoms. The van der Waals surface area contributed by atoms with Crippen LogP contribution in [0.2, 0.25) is 0 Å². The number of carbonyl (C=O) groups is 2. The van der Waals surface area contributed by atoms with E-state index >= 15 is 0 Å². The zero-order valence-corrected chi connectivity index (χ0v) is 21.0. The molecule has 0 unspecified atom stereocenters. The van der Waals surface area contributed by atoms with Crippen LogP contribution in [0.5, 0.6) is 0 Å². The minimum Gasteiger partial charge on any atom is -0.367 e. The maximum Gasteiger partial charge on any atom is 0.253 e. The number of rotatable bonds is 8. The summed E-state index contributed by atoms with van der Waals surface area (Å²) in [5, 5.41) is 9.77. The number of likely N-dealkylation sites (N-methyl/N-ethyl adjacent to an activating group) is 1. The number of aromatic nitrogens is 2. The van der Waals surface area contributed by atoms with Crippen LogP contribution < -0.4 is 21.4 Å². The second-order valence-electron chi connectivity index (χ2n) is 9.60. The summed E-state index contributed by atoms with van der Waals surface area (Å²) in [7, 11) is 4.04. The van der Waals surface area contributed by atoms with Crippen molar-refractivity contribution in [3.8, 4) is 0 Å². The number of benzene rings is 1. The molecule has 2 heterocycles. The molecule has 1 aromatic carbocycles. The third-order valence-electron chi connectivity index (χ3n) is 6.87. The van der Waals surface area contributed by atoms with Gasteiger partial charge in [0.25, 0.3) is 5.91 Å². The van der Waals surface area contributed by atoms with E-state index in [2.05, 4.69) is 44.8 Å². The highest BCUT2D eigenvalue weighted by Crippen LogP contribution is 2.28. The normalized spacial score (nSPS) is 20.5. The van der Waals surface area contributed by atoms with Gasteiger partial charge >= 0.3 is 0 Å². The second-order valence-corrected chi connectivity index (χ2v) is 9.60. The van der Waals surface area contributed by atoms with E-state index in [9.17, 15) is 9.59 Å². The predicted octanol–water partition coefficient (Wildman–Crippen LogP) is 0.973. The predicted molar refractivity (Wildman–Crippen MR) is 141 cm³/mol. The molecule has 2 aromatic rings. The number of amides is 2. The summed E-state index contributed by atoms with van der Waals surface area (Å²) in [5.74, 6) is 1.36. The van der Waals surface area contributed by atoms with Crippen LogP contribution in [0, 0.1) is 5.92 Å².